The van der Waals surface area contributed by atoms with Crippen molar-refractivity contribution in [1.29, 1.82) is 0 Å². The fraction of sp³-hybridized carbons (Fsp3) is 0.167. The summed E-state index contributed by atoms with van der Waals surface area (Å²) in [5.74, 6) is 1.71. The van der Waals surface area contributed by atoms with E-state index in [1.165, 1.54) is 0 Å². The van der Waals surface area contributed by atoms with Crippen LogP contribution in [-0.2, 0) is 13.1 Å². The quantitative estimate of drug-likeness (QED) is 0.683. The van der Waals surface area contributed by atoms with Crippen molar-refractivity contribution in [2.75, 3.05) is 5.32 Å². The third-order valence-corrected chi connectivity index (χ3v) is 2.78. The normalized spacial score (nSPS) is 13.1. The van der Waals surface area contributed by atoms with Gasteiger partial charge in [-0.3, -0.25) is 0 Å². The van der Waals surface area contributed by atoms with Crippen LogP contribution in [0, 0.1) is 0 Å². The molecular formula is C12H13N3O. The molecule has 0 saturated heterocycles. The van der Waals surface area contributed by atoms with Crippen LogP contribution in [0.3, 0.4) is 0 Å². The number of rotatable bonds is 1. The van der Waals surface area contributed by atoms with Crippen LogP contribution in [0.4, 0.5) is 5.69 Å². The van der Waals surface area contributed by atoms with Crippen LogP contribution < -0.4 is 15.8 Å². The number of aromatic amines is 1. The molecule has 82 valence electrons. The molecule has 1 aromatic heterocycles. The minimum Gasteiger partial charge on any atom is -0.453 e. The summed E-state index contributed by atoms with van der Waals surface area (Å²) in [6.45, 7) is 1.23. The van der Waals surface area contributed by atoms with Crippen molar-refractivity contribution < 1.29 is 4.74 Å². The molecule has 0 amide bonds. The van der Waals surface area contributed by atoms with Crippen LogP contribution in [0.1, 0.15) is 11.3 Å². The number of nitrogens with one attached hydrogen (secondary N) is 2. The highest BCUT2D eigenvalue weighted by molar-refractivity contribution is 5.63. The number of hydrogen-bond donors (Lipinski definition) is 3. The highest BCUT2D eigenvalue weighted by Gasteiger charge is 2.17. The molecular weight excluding hydrogens is 202 g/mol. The van der Waals surface area contributed by atoms with Crippen molar-refractivity contribution in [3.8, 4) is 11.5 Å². The second kappa shape index (κ2) is 3.57. The Morgan fingerprint density at radius 2 is 2.12 bits per heavy atom. The molecule has 0 spiro atoms. The maximum Gasteiger partial charge on any atom is 0.168 e. The van der Waals surface area contributed by atoms with E-state index in [1.807, 2.05) is 24.4 Å². The lowest BCUT2D eigenvalue weighted by atomic mass is 10.2. The smallest absolute Gasteiger partial charge is 0.168 e. The maximum absolute atomic E-state index is 5.84. The number of H-pyrrole nitrogens is 1. The number of benzene rings is 1. The van der Waals surface area contributed by atoms with Gasteiger partial charge >= 0.3 is 0 Å². The third kappa shape index (κ3) is 1.35. The van der Waals surface area contributed by atoms with Gasteiger partial charge in [-0.15, -0.1) is 0 Å². The van der Waals surface area contributed by atoms with Gasteiger partial charge in [-0.05, 0) is 6.07 Å². The Balaban J connectivity index is 2.05. The maximum atomic E-state index is 5.84. The Bertz CT molecular complexity index is 519. The van der Waals surface area contributed by atoms with Gasteiger partial charge in [-0.1, -0.05) is 18.2 Å². The van der Waals surface area contributed by atoms with Gasteiger partial charge in [0.05, 0.1) is 5.69 Å². The number of aromatic nitrogens is 1. The number of nitrogens with two attached hydrogens (primary N) is 1. The molecule has 0 fully saturated rings. The van der Waals surface area contributed by atoms with E-state index in [2.05, 4.69) is 16.4 Å². The first-order valence-corrected chi connectivity index (χ1v) is 5.28. The molecule has 0 radical (unpaired) electrons. The zero-order valence-corrected chi connectivity index (χ0v) is 8.79. The predicted molar refractivity (Wildman–Crippen MR) is 62.5 cm³/mol. The number of para-hydroxylation sites is 1. The largest absolute Gasteiger partial charge is 0.453 e. The number of hydrogen-bond acceptors (Lipinski definition) is 3. The van der Waals surface area contributed by atoms with Gasteiger partial charge in [0.2, 0.25) is 0 Å². The lowest BCUT2D eigenvalue weighted by Gasteiger charge is -2.04. The monoisotopic (exact) mass is 215 g/mol. The molecule has 4 nitrogen and oxygen atoms in total. The Morgan fingerprint density at radius 3 is 3.00 bits per heavy atom. The van der Waals surface area contributed by atoms with Gasteiger partial charge in [0.25, 0.3) is 0 Å². The molecule has 16 heavy (non-hydrogen) atoms. The minimum absolute atomic E-state index is 0.474. The fourth-order valence-electron chi connectivity index (χ4n) is 1.93. The standard InChI is InChI=1S/C12H13N3O/c13-5-9-12-11(7-14-9)16-10-4-2-1-3-8(10)6-15-12/h1-4,7,14-15H,5-6,13H2. The van der Waals surface area contributed by atoms with Crippen LogP contribution in [0.15, 0.2) is 30.5 Å². The minimum atomic E-state index is 0.474. The zero-order valence-electron chi connectivity index (χ0n) is 8.79. The summed E-state index contributed by atoms with van der Waals surface area (Å²) in [4.78, 5) is 3.11. The molecule has 1 aliphatic heterocycles. The molecule has 2 heterocycles. The molecule has 0 unspecified atom stereocenters. The highest BCUT2D eigenvalue weighted by atomic mass is 16.5. The lowest BCUT2D eigenvalue weighted by Crippen LogP contribution is -2.03. The molecule has 3 rings (SSSR count). The molecule has 1 aliphatic rings. The van der Waals surface area contributed by atoms with Gasteiger partial charge in [0.1, 0.15) is 11.4 Å². The molecule has 4 heteroatoms. The van der Waals surface area contributed by atoms with E-state index in [1.54, 1.807) is 0 Å². The van der Waals surface area contributed by atoms with E-state index in [0.717, 1.165) is 35.0 Å². The second-order valence-corrected chi connectivity index (χ2v) is 3.77. The summed E-state index contributed by atoms with van der Waals surface area (Å²) < 4.78 is 5.84. The van der Waals surface area contributed by atoms with Gasteiger partial charge in [-0.25, -0.2) is 0 Å². The van der Waals surface area contributed by atoms with Crippen molar-refractivity contribution in [1.82, 2.24) is 4.98 Å². The molecule has 0 bridgehead atoms. The van der Waals surface area contributed by atoms with Gasteiger partial charge < -0.3 is 20.8 Å². The zero-order chi connectivity index (χ0) is 11.0. The van der Waals surface area contributed by atoms with Crippen molar-refractivity contribution in [2.24, 2.45) is 5.73 Å². The first kappa shape index (κ1) is 9.30. The van der Waals surface area contributed by atoms with E-state index < -0.39 is 0 Å². The van der Waals surface area contributed by atoms with Crippen LogP contribution in [-0.4, -0.2) is 4.98 Å². The van der Waals surface area contributed by atoms with Gasteiger partial charge in [0.15, 0.2) is 5.75 Å². The molecule has 0 atom stereocenters. The third-order valence-electron chi connectivity index (χ3n) is 2.78. The van der Waals surface area contributed by atoms with Crippen molar-refractivity contribution in [3.05, 3.63) is 41.7 Å². The van der Waals surface area contributed by atoms with E-state index >= 15 is 0 Å². The molecule has 4 N–H and O–H groups in total. The fourth-order valence-corrected chi connectivity index (χ4v) is 1.93. The Kier molecular flexibility index (Phi) is 2.08. The second-order valence-electron chi connectivity index (χ2n) is 3.77. The lowest BCUT2D eigenvalue weighted by molar-refractivity contribution is 0.484. The average molecular weight is 215 g/mol. The van der Waals surface area contributed by atoms with E-state index in [-0.39, 0.29) is 0 Å². The van der Waals surface area contributed by atoms with E-state index in [0.29, 0.717) is 6.54 Å². The average Bonchev–Trinajstić information content (AvgIpc) is 2.61. The Labute approximate surface area is 93.4 Å². The molecule has 1 aromatic carbocycles. The Morgan fingerprint density at radius 1 is 1.25 bits per heavy atom. The van der Waals surface area contributed by atoms with Crippen molar-refractivity contribution >= 4 is 5.69 Å². The highest BCUT2D eigenvalue weighted by Crippen LogP contribution is 2.37. The van der Waals surface area contributed by atoms with Crippen molar-refractivity contribution in [3.63, 3.8) is 0 Å². The summed E-state index contributed by atoms with van der Waals surface area (Å²) in [5, 5.41) is 3.34. The molecule has 2 aromatic rings. The molecule has 0 aliphatic carbocycles. The van der Waals surface area contributed by atoms with Crippen LogP contribution in [0.2, 0.25) is 0 Å². The molecule has 0 saturated carbocycles. The van der Waals surface area contributed by atoms with Crippen LogP contribution in [0.5, 0.6) is 11.5 Å². The first-order valence-electron chi connectivity index (χ1n) is 5.28. The predicted octanol–water partition coefficient (Wildman–Crippen LogP) is 2.19. The Hall–Kier alpha value is -1.94. The number of fused-ring (bicyclic) bond motifs is 2. The summed E-state index contributed by atoms with van der Waals surface area (Å²) in [6, 6.07) is 8.01. The first-order chi connectivity index (χ1) is 7.88. The summed E-state index contributed by atoms with van der Waals surface area (Å²) >= 11 is 0. The number of anilines is 1. The van der Waals surface area contributed by atoms with Gasteiger partial charge in [0, 0.05) is 24.8 Å². The summed E-state index contributed by atoms with van der Waals surface area (Å²) in [7, 11) is 0. The number of ether oxygens (including phenoxy) is 1. The van der Waals surface area contributed by atoms with Crippen molar-refractivity contribution in [2.45, 2.75) is 13.1 Å². The summed E-state index contributed by atoms with van der Waals surface area (Å²) in [5.41, 5.74) is 8.75. The van der Waals surface area contributed by atoms with Crippen LogP contribution in [0.25, 0.3) is 0 Å². The van der Waals surface area contributed by atoms with E-state index in [9.17, 15) is 0 Å². The topological polar surface area (TPSA) is 63.1 Å². The van der Waals surface area contributed by atoms with E-state index in [4.69, 9.17) is 10.5 Å². The SMILES string of the molecule is NCc1[nH]cc2c1NCc1ccccc1O2. The van der Waals surface area contributed by atoms with Crippen LogP contribution >= 0.6 is 0 Å². The van der Waals surface area contributed by atoms with Gasteiger partial charge in [-0.2, -0.15) is 0 Å². The summed E-state index contributed by atoms with van der Waals surface area (Å²) in [6.07, 6.45) is 1.84.